The standard InChI is InChI=1S/C17H29P/c1-4-9-15-11-12-16(10-5-2)18(15)17(3)13-7-6-8-14-17/h6-8,13,15-16H,4-5,9-12,14H2,1-3H3. The summed E-state index contributed by atoms with van der Waals surface area (Å²) in [6, 6.07) is 0. The van der Waals surface area contributed by atoms with E-state index in [0.717, 1.165) is 11.3 Å². The van der Waals surface area contributed by atoms with E-state index in [1.54, 1.807) is 0 Å². The number of hydrogen-bond acceptors (Lipinski definition) is 0. The summed E-state index contributed by atoms with van der Waals surface area (Å²) in [4.78, 5) is 0. The van der Waals surface area contributed by atoms with Crippen molar-refractivity contribution in [3.63, 3.8) is 0 Å². The van der Waals surface area contributed by atoms with Crippen molar-refractivity contribution in [3.05, 3.63) is 24.3 Å². The van der Waals surface area contributed by atoms with Gasteiger partial charge in [0, 0.05) is 5.16 Å². The molecule has 0 aromatic carbocycles. The molecule has 0 bridgehead atoms. The summed E-state index contributed by atoms with van der Waals surface area (Å²) in [6.07, 6.45) is 19.5. The highest BCUT2D eigenvalue weighted by atomic mass is 31.1. The lowest BCUT2D eigenvalue weighted by Gasteiger charge is -2.41. The van der Waals surface area contributed by atoms with Crippen molar-refractivity contribution in [1.82, 2.24) is 0 Å². The van der Waals surface area contributed by atoms with Crippen molar-refractivity contribution in [2.75, 3.05) is 0 Å². The first-order chi connectivity index (χ1) is 8.71. The highest BCUT2D eigenvalue weighted by Gasteiger charge is 2.44. The Morgan fingerprint density at radius 3 is 2.11 bits per heavy atom. The van der Waals surface area contributed by atoms with Crippen LogP contribution in [0.3, 0.4) is 0 Å². The quantitative estimate of drug-likeness (QED) is 0.544. The van der Waals surface area contributed by atoms with Gasteiger partial charge in [0.1, 0.15) is 0 Å². The Morgan fingerprint density at radius 2 is 1.67 bits per heavy atom. The molecule has 0 nitrogen and oxygen atoms in total. The summed E-state index contributed by atoms with van der Waals surface area (Å²) in [5.74, 6) is 0. The van der Waals surface area contributed by atoms with Crippen molar-refractivity contribution >= 4 is 7.92 Å². The van der Waals surface area contributed by atoms with Crippen LogP contribution >= 0.6 is 7.92 Å². The lowest BCUT2D eigenvalue weighted by atomic mass is 10.0. The van der Waals surface area contributed by atoms with E-state index < -0.39 is 0 Å². The van der Waals surface area contributed by atoms with Gasteiger partial charge in [-0.05, 0) is 43.4 Å². The fourth-order valence-electron chi connectivity index (χ4n) is 3.94. The molecule has 1 heterocycles. The van der Waals surface area contributed by atoms with Gasteiger partial charge < -0.3 is 0 Å². The SMILES string of the molecule is CCCC1CCC(CCC)P1C1(C)C=CC=CC1. The van der Waals surface area contributed by atoms with Crippen LogP contribution in [0, 0.1) is 0 Å². The van der Waals surface area contributed by atoms with Crippen LogP contribution in [0.15, 0.2) is 24.3 Å². The predicted octanol–water partition coefficient (Wildman–Crippen LogP) is 5.87. The summed E-state index contributed by atoms with van der Waals surface area (Å²) < 4.78 is 0. The minimum absolute atomic E-state index is 0.178. The summed E-state index contributed by atoms with van der Waals surface area (Å²) in [6.45, 7) is 7.26. The molecule has 1 heteroatoms. The van der Waals surface area contributed by atoms with E-state index in [-0.39, 0.29) is 7.92 Å². The van der Waals surface area contributed by atoms with Gasteiger partial charge >= 0.3 is 0 Å². The Labute approximate surface area is 115 Å². The molecule has 1 saturated heterocycles. The molecular weight excluding hydrogens is 235 g/mol. The van der Waals surface area contributed by atoms with Gasteiger partial charge in [0.15, 0.2) is 0 Å². The van der Waals surface area contributed by atoms with Crippen LogP contribution in [-0.2, 0) is 0 Å². The van der Waals surface area contributed by atoms with Gasteiger partial charge in [-0.25, -0.2) is 0 Å². The van der Waals surface area contributed by atoms with Gasteiger partial charge in [-0.1, -0.05) is 65.8 Å². The highest BCUT2D eigenvalue weighted by molar-refractivity contribution is 7.61. The third-order valence-electron chi connectivity index (χ3n) is 4.69. The van der Waals surface area contributed by atoms with Crippen molar-refractivity contribution in [2.45, 2.75) is 82.2 Å². The molecule has 0 N–H and O–H groups in total. The second-order valence-electron chi connectivity index (χ2n) is 6.22. The minimum atomic E-state index is 0.178. The molecule has 0 spiro atoms. The maximum atomic E-state index is 2.54. The zero-order valence-corrected chi connectivity index (χ0v) is 13.3. The van der Waals surface area contributed by atoms with E-state index >= 15 is 0 Å². The molecule has 2 aliphatic rings. The molecule has 1 fully saturated rings. The van der Waals surface area contributed by atoms with Crippen LogP contribution in [0.5, 0.6) is 0 Å². The Kier molecular flexibility index (Phi) is 5.07. The zero-order valence-electron chi connectivity index (χ0n) is 12.4. The van der Waals surface area contributed by atoms with E-state index in [9.17, 15) is 0 Å². The van der Waals surface area contributed by atoms with E-state index in [4.69, 9.17) is 0 Å². The first-order valence-electron chi connectivity index (χ1n) is 7.84. The maximum Gasteiger partial charge on any atom is 0.00980 e. The molecule has 2 rings (SSSR count). The molecule has 18 heavy (non-hydrogen) atoms. The smallest absolute Gasteiger partial charge is 0.00980 e. The molecule has 3 atom stereocenters. The molecule has 1 aliphatic heterocycles. The van der Waals surface area contributed by atoms with Gasteiger partial charge in [-0.2, -0.15) is 0 Å². The molecule has 0 aromatic heterocycles. The maximum absolute atomic E-state index is 2.54. The number of allylic oxidation sites excluding steroid dienone is 4. The Hall–Kier alpha value is -0.0900. The lowest BCUT2D eigenvalue weighted by Crippen LogP contribution is -2.27. The number of hydrogen-bond donors (Lipinski definition) is 0. The number of rotatable bonds is 5. The first-order valence-corrected chi connectivity index (χ1v) is 9.32. The summed E-state index contributed by atoms with van der Waals surface area (Å²) >= 11 is 0. The fraction of sp³-hybridized carbons (Fsp3) is 0.765. The summed E-state index contributed by atoms with van der Waals surface area (Å²) in [5, 5.41) is 0.500. The van der Waals surface area contributed by atoms with Crippen LogP contribution in [0.4, 0.5) is 0 Å². The van der Waals surface area contributed by atoms with Crippen LogP contribution in [-0.4, -0.2) is 16.5 Å². The van der Waals surface area contributed by atoms with Crippen LogP contribution < -0.4 is 0 Å². The third kappa shape index (κ3) is 2.90. The zero-order chi connectivity index (χ0) is 13.0. The second-order valence-corrected chi connectivity index (χ2v) is 9.51. The van der Waals surface area contributed by atoms with Crippen molar-refractivity contribution in [1.29, 1.82) is 0 Å². The predicted molar refractivity (Wildman–Crippen MR) is 84.8 cm³/mol. The molecule has 0 saturated carbocycles. The van der Waals surface area contributed by atoms with Crippen molar-refractivity contribution in [2.24, 2.45) is 0 Å². The fourth-order valence-corrected chi connectivity index (χ4v) is 8.70. The summed E-state index contributed by atoms with van der Waals surface area (Å²) in [7, 11) is 0.178. The average molecular weight is 264 g/mol. The second kappa shape index (κ2) is 6.38. The molecule has 1 aliphatic carbocycles. The molecule has 3 unspecified atom stereocenters. The minimum Gasteiger partial charge on any atom is -0.0900 e. The van der Waals surface area contributed by atoms with Crippen molar-refractivity contribution in [3.8, 4) is 0 Å². The first kappa shape index (κ1) is 14.3. The normalized spacial score (nSPS) is 39.4. The molecule has 0 radical (unpaired) electrons. The Balaban J connectivity index is 2.17. The van der Waals surface area contributed by atoms with Crippen molar-refractivity contribution < 1.29 is 0 Å². The van der Waals surface area contributed by atoms with Gasteiger partial charge in [0.2, 0.25) is 0 Å². The molecule has 0 aromatic rings. The van der Waals surface area contributed by atoms with Crippen LogP contribution in [0.2, 0.25) is 0 Å². The highest BCUT2D eigenvalue weighted by Crippen LogP contribution is 2.68. The lowest BCUT2D eigenvalue weighted by molar-refractivity contribution is 0.649. The topological polar surface area (TPSA) is 0 Å². The van der Waals surface area contributed by atoms with Crippen LogP contribution in [0.1, 0.15) is 65.7 Å². The Bertz CT molecular complexity index is 304. The van der Waals surface area contributed by atoms with E-state index in [2.05, 4.69) is 45.1 Å². The third-order valence-corrected chi connectivity index (χ3v) is 8.80. The van der Waals surface area contributed by atoms with Gasteiger partial charge in [0.05, 0.1) is 0 Å². The molecule has 0 amide bonds. The van der Waals surface area contributed by atoms with Gasteiger partial charge in [-0.15, -0.1) is 0 Å². The largest absolute Gasteiger partial charge is 0.0900 e. The van der Waals surface area contributed by atoms with E-state index in [1.165, 1.54) is 44.9 Å². The molecule has 102 valence electrons. The van der Waals surface area contributed by atoms with E-state index in [0.29, 0.717) is 5.16 Å². The monoisotopic (exact) mass is 264 g/mol. The van der Waals surface area contributed by atoms with E-state index in [1.807, 2.05) is 0 Å². The summed E-state index contributed by atoms with van der Waals surface area (Å²) in [5.41, 5.74) is 2.09. The van der Waals surface area contributed by atoms with Gasteiger partial charge in [-0.3, -0.25) is 0 Å². The molecular formula is C17H29P. The van der Waals surface area contributed by atoms with Gasteiger partial charge in [0.25, 0.3) is 0 Å². The Morgan fingerprint density at radius 1 is 1.06 bits per heavy atom. The van der Waals surface area contributed by atoms with Crippen LogP contribution in [0.25, 0.3) is 0 Å². The average Bonchev–Trinajstić information content (AvgIpc) is 2.75.